The van der Waals surface area contributed by atoms with Crippen LogP contribution in [-0.4, -0.2) is 48.4 Å². The van der Waals surface area contributed by atoms with E-state index in [1.807, 2.05) is 4.90 Å². The zero-order valence-electron chi connectivity index (χ0n) is 11.4. The summed E-state index contributed by atoms with van der Waals surface area (Å²) in [5.41, 5.74) is 0. The van der Waals surface area contributed by atoms with Crippen molar-refractivity contribution in [2.24, 2.45) is 11.8 Å². The molecule has 5 nitrogen and oxygen atoms in total. The Morgan fingerprint density at radius 1 is 1.33 bits per heavy atom. The zero-order chi connectivity index (χ0) is 13.3. The van der Waals surface area contributed by atoms with Crippen LogP contribution in [0.1, 0.15) is 27.2 Å². The van der Waals surface area contributed by atoms with Gasteiger partial charge in [0, 0.05) is 19.1 Å². The Morgan fingerprint density at radius 3 is 2.67 bits per heavy atom. The molecule has 2 N–H and O–H groups in total. The van der Waals surface area contributed by atoms with Gasteiger partial charge in [-0.15, -0.1) is 0 Å². The van der Waals surface area contributed by atoms with Crippen molar-refractivity contribution < 1.29 is 9.59 Å². The summed E-state index contributed by atoms with van der Waals surface area (Å²) < 4.78 is 0. The molecule has 0 aromatic heterocycles. The van der Waals surface area contributed by atoms with Crippen LogP contribution in [0.4, 0.5) is 0 Å². The summed E-state index contributed by atoms with van der Waals surface area (Å²) in [7, 11) is 0. The van der Waals surface area contributed by atoms with Crippen molar-refractivity contribution >= 4 is 11.8 Å². The van der Waals surface area contributed by atoms with Gasteiger partial charge in [-0.25, -0.2) is 0 Å². The number of piperazine rings is 1. The number of carbonyl (C=O) groups excluding carboxylic acids is 2. The molecule has 0 radical (unpaired) electrons. The number of nitrogens with zero attached hydrogens (tertiary/aromatic N) is 1. The SMILES string of the molecule is CC1CC(C)C(C)N(C(=O)C2CNC(=O)CN2)C1. The number of hydrogen-bond acceptors (Lipinski definition) is 3. The van der Waals surface area contributed by atoms with Crippen molar-refractivity contribution in [1.82, 2.24) is 15.5 Å². The molecule has 0 aliphatic carbocycles. The van der Waals surface area contributed by atoms with Crippen LogP contribution in [0.15, 0.2) is 0 Å². The molecule has 18 heavy (non-hydrogen) atoms. The first-order valence-corrected chi connectivity index (χ1v) is 6.79. The summed E-state index contributed by atoms with van der Waals surface area (Å²) >= 11 is 0. The third-order valence-electron chi connectivity index (χ3n) is 4.19. The predicted octanol–water partition coefficient (Wildman–Crippen LogP) is -0.0326. The Bertz CT molecular complexity index is 335. The van der Waals surface area contributed by atoms with Gasteiger partial charge in [-0.2, -0.15) is 0 Å². The molecule has 2 amide bonds. The van der Waals surface area contributed by atoms with Crippen LogP contribution in [0.5, 0.6) is 0 Å². The summed E-state index contributed by atoms with van der Waals surface area (Å²) in [5.74, 6) is 1.18. The molecule has 0 aromatic carbocycles. The van der Waals surface area contributed by atoms with Crippen molar-refractivity contribution in [3.63, 3.8) is 0 Å². The number of likely N-dealkylation sites (tertiary alicyclic amines) is 1. The molecule has 5 heteroatoms. The van der Waals surface area contributed by atoms with Gasteiger partial charge in [0.25, 0.3) is 0 Å². The fourth-order valence-corrected chi connectivity index (χ4v) is 2.95. The summed E-state index contributed by atoms with van der Waals surface area (Å²) in [4.78, 5) is 25.5. The van der Waals surface area contributed by atoms with Crippen molar-refractivity contribution in [2.75, 3.05) is 19.6 Å². The van der Waals surface area contributed by atoms with Crippen molar-refractivity contribution in [3.8, 4) is 0 Å². The lowest BCUT2D eigenvalue weighted by Crippen LogP contribution is -2.61. The minimum atomic E-state index is -0.261. The maximum atomic E-state index is 12.5. The van der Waals surface area contributed by atoms with Crippen molar-refractivity contribution in [1.29, 1.82) is 0 Å². The number of carbonyl (C=O) groups is 2. The molecule has 2 saturated heterocycles. The van der Waals surface area contributed by atoms with Gasteiger partial charge in [0.05, 0.1) is 6.54 Å². The Morgan fingerprint density at radius 2 is 2.06 bits per heavy atom. The number of nitrogens with one attached hydrogen (secondary N) is 2. The molecule has 0 aromatic rings. The first-order chi connectivity index (χ1) is 8.49. The monoisotopic (exact) mass is 253 g/mol. The minimum Gasteiger partial charge on any atom is -0.353 e. The summed E-state index contributed by atoms with van der Waals surface area (Å²) in [6.45, 7) is 8.00. The Hall–Kier alpha value is -1.10. The molecule has 4 atom stereocenters. The molecular formula is C13H23N3O2. The molecule has 2 heterocycles. The second-order valence-electron chi connectivity index (χ2n) is 5.79. The fourth-order valence-electron chi connectivity index (χ4n) is 2.95. The van der Waals surface area contributed by atoms with Crippen molar-refractivity contribution in [2.45, 2.75) is 39.3 Å². The van der Waals surface area contributed by atoms with Gasteiger partial charge in [-0.1, -0.05) is 13.8 Å². The molecule has 0 saturated carbocycles. The van der Waals surface area contributed by atoms with E-state index in [1.165, 1.54) is 6.42 Å². The third kappa shape index (κ3) is 2.66. The van der Waals surface area contributed by atoms with E-state index in [1.54, 1.807) is 0 Å². The van der Waals surface area contributed by atoms with E-state index in [0.29, 0.717) is 18.4 Å². The van der Waals surface area contributed by atoms with E-state index >= 15 is 0 Å². The van der Waals surface area contributed by atoms with Crippen LogP contribution in [-0.2, 0) is 9.59 Å². The maximum absolute atomic E-state index is 12.5. The molecule has 2 aliphatic rings. The highest BCUT2D eigenvalue weighted by molar-refractivity contribution is 5.87. The smallest absolute Gasteiger partial charge is 0.241 e. The predicted molar refractivity (Wildman–Crippen MR) is 68.9 cm³/mol. The van der Waals surface area contributed by atoms with Gasteiger partial charge in [-0.3, -0.25) is 14.9 Å². The Kier molecular flexibility index (Phi) is 3.90. The summed E-state index contributed by atoms with van der Waals surface area (Å²) in [6.07, 6.45) is 1.18. The van der Waals surface area contributed by atoms with E-state index in [0.717, 1.165) is 6.54 Å². The third-order valence-corrected chi connectivity index (χ3v) is 4.19. The number of rotatable bonds is 1. The van der Waals surface area contributed by atoms with Crippen LogP contribution < -0.4 is 10.6 Å². The van der Waals surface area contributed by atoms with Gasteiger partial charge in [0.2, 0.25) is 11.8 Å². The van der Waals surface area contributed by atoms with Gasteiger partial charge in [0.1, 0.15) is 6.04 Å². The molecule has 2 aliphatic heterocycles. The topological polar surface area (TPSA) is 61.4 Å². The first-order valence-electron chi connectivity index (χ1n) is 6.79. The van der Waals surface area contributed by atoms with E-state index in [4.69, 9.17) is 0 Å². The van der Waals surface area contributed by atoms with Gasteiger partial charge < -0.3 is 10.2 Å². The van der Waals surface area contributed by atoms with E-state index < -0.39 is 0 Å². The number of amides is 2. The summed E-state index contributed by atoms with van der Waals surface area (Å²) in [5, 5.41) is 5.75. The average molecular weight is 253 g/mol. The first kappa shape index (κ1) is 13.3. The largest absolute Gasteiger partial charge is 0.353 e. The van der Waals surface area contributed by atoms with Gasteiger partial charge in [-0.05, 0) is 25.2 Å². The Labute approximate surface area is 108 Å². The lowest BCUT2D eigenvalue weighted by Gasteiger charge is -2.43. The molecule has 0 spiro atoms. The van der Waals surface area contributed by atoms with E-state index in [2.05, 4.69) is 31.4 Å². The lowest BCUT2D eigenvalue weighted by molar-refractivity contribution is -0.140. The zero-order valence-corrected chi connectivity index (χ0v) is 11.4. The molecule has 2 rings (SSSR count). The molecule has 4 unspecified atom stereocenters. The quantitative estimate of drug-likeness (QED) is 0.690. The van der Waals surface area contributed by atoms with Crippen LogP contribution >= 0.6 is 0 Å². The molecule has 102 valence electrons. The second kappa shape index (κ2) is 5.26. The molecule has 0 bridgehead atoms. The van der Waals surface area contributed by atoms with E-state index in [9.17, 15) is 9.59 Å². The number of hydrogen-bond donors (Lipinski definition) is 2. The molecular weight excluding hydrogens is 230 g/mol. The highest BCUT2D eigenvalue weighted by Crippen LogP contribution is 2.27. The Balaban J connectivity index is 2.01. The summed E-state index contributed by atoms with van der Waals surface area (Å²) in [6, 6.07) is 0.0239. The lowest BCUT2D eigenvalue weighted by atomic mass is 9.85. The number of piperidine rings is 1. The second-order valence-corrected chi connectivity index (χ2v) is 5.79. The maximum Gasteiger partial charge on any atom is 0.241 e. The fraction of sp³-hybridized carbons (Fsp3) is 0.846. The van der Waals surface area contributed by atoms with Crippen LogP contribution in [0.2, 0.25) is 0 Å². The highest BCUT2D eigenvalue weighted by atomic mass is 16.2. The highest BCUT2D eigenvalue weighted by Gasteiger charge is 2.36. The van der Waals surface area contributed by atoms with Crippen molar-refractivity contribution in [3.05, 3.63) is 0 Å². The van der Waals surface area contributed by atoms with Crippen LogP contribution in [0, 0.1) is 11.8 Å². The standard InChI is InChI=1S/C13H23N3O2/c1-8-4-9(2)10(3)16(7-8)13(18)11-5-15-12(17)6-14-11/h8-11,14H,4-7H2,1-3H3,(H,15,17). The van der Waals surface area contributed by atoms with Crippen LogP contribution in [0.25, 0.3) is 0 Å². The van der Waals surface area contributed by atoms with Crippen LogP contribution in [0.3, 0.4) is 0 Å². The van der Waals surface area contributed by atoms with Gasteiger partial charge >= 0.3 is 0 Å². The minimum absolute atomic E-state index is 0.0347. The normalized spacial score (nSPS) is 37.3. The average Bonchev–Trinajstić information content (AvgIpc) is 2.34. The molecule has 2 fully saturated rings. The van der Waals surface area contributed by atoms with Gasteiger partial charge in [0.15, 0.2) is 0 Å². The van der Waals surface area contributed by atoms with E-state index in [-0.39, 0.29) is 30.4 Å².